The fourth-order valence-electron chi connectivity index (χ4n) is 2.22. The van der Waals surface area contributed by atoms with E-state index in [9.17, 15) is 0 Å². The van der Waals surface area contributed by atoms with E-state index in [1.807, 2.05) is 13.0 Å². The standard InChI is InChI=1S/C15H22N4O/c1-10-5-6-17-9-12(10)13-18-14(20-19-13)11(8-16)7-15(2,3)4/h5-6,9,11H,7-8,16H2,1-4H3. The number of nitrogens with zero attached hydrogens (tertiary/aromatic N) is 3. The van der Waals surface area contributed by atoms with Gasteiger partial charge >= 0.3 is 0 Å². The first kappa shape index (κ1) is 14.7. The summed E-state index contributed by atoms with van der Waals surface area (Å²) in [4.78, 5) is 8.61. The molecule has 0 spiro atoms. The maximum Gasteiger partial charge on any atom is 0.231 e. The van der Waals surface area contributed by atoms with E-state index in [-0.39, 0.29) is 11.3 Å². The molecule has 0 aliphatic rings. The molecule has 2 aromatic rings. The number of hydrogen-bond donors (Lipinski definition) is 1. The monoisotopic (exact) mass is 274 g/mol. The Morgan fingerprint density at radius 3 is 2.70 bits per heavy atom. The van der Waals surface area contributed by atoms with Gasteiger partial charge in [0, 0.05) is 24.5 Å². The highest BCUT2D eigenvalue weighted by molar-refractivity contribution is 5.57. The van der Waals surface area contributed by atoms with Crippen molar-refractivity contribution in [1.82, 2.24) is 15.1 Å². The lowest BCUT2D eigenvalue weighted by Crippen LogP contribution is -2.19. The third-order valence-electron chi connectivity index (χ3n) is 3.21. The fourth-order valence-corrected chi connectivity index (χ4v) is 2.22. The average Bonchev–Trinajstić information content (AvgIpc) is 2.84. The molecule has 1 atom stereocenters. The zero-order chi connectivity index (χ0) is 14.8. The van der Waals surface area contributed by atoms with Crippen LogP contribution in [0.1, 0.15) is 44.6 Å². The van der Waals surface area contributed by atoms with E-state index >= 15 is 0 Å². The number of pyridine rings is 1. The van der Waals surface area contributed by atoms with Gasteiger partial charge in [-0.05, 0) is 30.4 Å². The highest BCUT2D eigenvalue weighted by Crippen LogP contribution is 2.30. The van der Waals surface area contributed by atoms with Gasteiger partial charge in [0.05, 0.1) is 5.92 Å². The second-order valence-electron chi connectivity index (χ2n) is 6.34. The van der Waals surface area contributed by atoms with Crippen molar-refractivity contribution in [3.05, 3.63) is 29.9 Å². The molecule has 2 heterocycles. The largest absolute Gasteiger partial charge is 0.339 e. The minimum atomic E-state index is 0.0910. The number of aromatic nitrogens is 3. The molecule has 1 unspecified atom stereocenters. The van der Waals surface area contributed by atoms with Crippen molar-refractivity contribution in [3.63, 3.8) is 0 Å². The molecule has 0 saturated carbocycles. The van der Waals surface area contributed by atoms with Crippen LogP contribution in [0.25, 0.3) is 11.4 Å². The molecule has 0 aromatic carbocycles. The van der Waals surface area contributed by atoms with E-state index in [0.29, 0.717) is 18.3 Å². The van der Waals surface area contributed by atoms with Crippen molar-refractivity contribution < 1.29 is 4.52 Å². The normalized spacial score (nSPS) is 13.4. The van der Waals surface area contributed by atoms with E-state index in [0.717, 1.165) is 17.5 Å². The molecule has 0 amide bonds. The van der Waals surface area contributed by atoms with E-state index in [2.05, 4.69) is 35.9 Å². The van der Waals surface area contributed by atoms with Crippen LogP contribution in [0.5, 0.6) is 0 Å². The van der Waals surface area contributed by atoms with Gasteiger partial charge in [-0.1, -0.05) is 25.9 Å². The SMILES string of the molecule is Cc1ccncc1-c1noc(C(CN)CC(C)(C)C)n1. The summed E-state index contributed by atoms with van der Waals surface area (Å²) in [5.74, 6) is 1.28. The molecule has 0 saturated heterocycles. The van der Waals surface area contributed by atoms with Gasteiger partial charge in [-0.3, -0.25) is 4.98 Å². The van der Waals surface area contributed by atoms with Gasteiger partial charge in [0.15, 0.2) is 0 Å². The molecule has 0 radical (unpaired) electrons. The minimum absolute atomic E-state index is 0.0910. The maximum absolute atomic E-state index is 5.85. The summed E-state index contributed by atoms with van der Waals surface area (Å²) in [6.07, 6.45) is 4.42. The van der Waals surface area contributed by atoms with Gasteiger partial charge < -0.3 is 10.3 Å². The van der Waals surface area contributed by atoms with Crippen LogP contribution in [-0.2, 0) is 0 Å². The molecule has 0 bridgehead atoms. The van der Waals surface area contributed by atoms with Crippen LogP contribution in [0.15, 0.2) is 23.0 Å². The number of nitrogens with two attached hydrogens (primary N) is 1. The van der Waals surface area contributed by atoms with Crippen molar-refractivity contribution in [2.75, 3.05) is 6.54 Å². The molecule has 5 nitrogen and oxygen atoms in total. The van der Waals surface area contributed by atoms with E-state index in [1.165, 1.54) is 0 Å². The van der Waals surface area contributed by atoms with Crippen LogP contribution in [0.4, 0.5) is 0 Å². The molecular weight excluding hydrogens is 252 g/mol. The number of aryl methyl sites for hydroxylation is 1. The van der Waals surface area contributed by atoms with Crippen molar-refractivity contribution in [2.45, 2.75) is 40.0 Å². The Balaban J connectivity index is 2.26. The van der Waals surface area contributed by atoms with Crippen molar-refractivity contribution in [1.29, 1.82) is 0 Å². The second kappa shape index (κ2) is 5.71. The fraction of sp³-hybridized carbons (Fsp3) is 0.533. The van der Waals surface area contributed by atoms with Gasteiger partial charge in [0.1, 0.15) is 0 Å². The first-order valence-electron chi connectivity index (χ1n) is 6.85. The third kappa shape index (κ3) is 3.42. The summed E-state index contributed by atoms with van der Waals surface area (Å²) in [5.41, 5.74) is 7.99. The van der Waals surface area contributed by atoms with Crippen LogP contribution in [0.3, 0.4) is 0 Å². The summed E-state index contributed by atoms with van der Waals surface area (Å²) in [7, 11) is 0. The first-order valence-corrected chi connectivity index (χ1v) is 6.85. The molecule has 0 fully saturated rings. The summed E-state index contributed by atoms with van der Waals surface area (Å²) in [6.45, 7) is 9.04. The summed E-state index contributed by atoms with van der Waals surface area (Å²) >= 11 is 0. The van der Waals surface area contributed by atoms with Gasteiger partial charge in [-0.2, -0.15) is 4.98 Å². The molecule has 0 aliphatic heterocycles. The molecule has 108 valence electrons. The van der Waals surface area contributed by atoms with E-state index < -0.39 is 0 Å². The second-order valence-corrected chi connectivity index (χ2v) is 6.34. The highest BCUT2D eigenvalue weighted by Gasteiger charge is 2.24. The number of hydrogen-bond acceptors (Lipinski definition) is 5. The molecule has 0 aliphatic carbocycles. The maximum atomic E-state index is 5.85. The lowest BCUT2D eigenvalue weighted by molar-refractivity contribution is 0.287. The Kier molecular flexibility index (Phi) is 4.18. The minimum Gasteiger partial charge on any atom is -0.339 e. The Bertz CT molecular complexity index is 571. The smallest absolute Gasteiger partial charge is 0.231 e. The molecule has 20 heavy (non-hydrogen) atoms. The van der Waals surface area contributed by atoms with Crippen LogP contribution < -0.4 is 5.73 Å². The van der Waals surface area contributed by atoms with Gasteiger partial charge in [0.2, 0.25) is 11.7 Å². The molecule has 2 rings (SSSR count). The third-order valence-corrected chi connectivity index (χ3v) is 3.21. The lowest BCUT2D eigenvalue weighted by Gasteiger charge is -2.22. The quantitative estimate of drug-likeness (QED) is 0.927. The Morgan fingerprint density at radius 1 is 1.35 bits per heavy atom. The average molecular weight is 274 g/mol. The predicted molar refractivity (Wildman–Crippen MR) is 78.1 cm³/mol. The van der Waals surface area contributed by atoms with Crippen LogP contribution >= 0.6 is 0 Å². The zero-order valence-electron chi connectivity index (χ0n) is 12.6. The highest BCUT2D eigenvalue weighted by atomic mass is 16.5. The van der Waals surface area contributed by atoms with E-state index in [1.54, 1.807) is 12.4 Å². The zero-order valence-corrected chi connectivity index (χ0v) is 12.6. The molecule has 2 aromatic heterocycles. The lowest BCUT2D eigenvalue weighted by atomic mass is 9.84. The van der Waals surface area contributed by atoms with E-state index in [4.69, 9.17) is 10.3 Å². The topological polar surface area (TPSA) is 77.8 Å². The predicted octanol–water partition coefficient (Wildman–Crippen LogP) is 2.92. The van der Waals surface area contributed by atoms with Crippen molar-refractivity contribution >= 4 is 0 Å². The Morgan fingerprint density at radius 2 is 2.10 bits per heavy atom. The Labute approximate surface area is 119 Å². The summed E-state index contributed by atoms with van der Waals surface area (Å²) < 4.78 is 5.40. The van der Waals surface area contributed by atoms with Crippen LogP contribution in [0, 0.1) is 12.3 Å². The number of rotatable bonds is 4. The van der Waals surface area contributed by atoms with Gasteiger partial charge in [-0.15, -0.1) is 0 Å². The summed E-state index contributed by atoms with van der Waals surface area (Å²) in [6, 6.07) is 1.93. The van der Waals surface area contributed by atoms with Gasteiger partial charge in [-0.25, -0.2) is 0 Å². The van der Waals surface area contributed by atoms with Crippen LogP contribution in [0.2, 0.25) is 0 Å². The van der Waals surface area contributed by atoms with Crippen molar-refractivity contribution in [2.24, 2.45) is 11.1 Å². The Hall–Kier alpha value is -1.75. The van der Waals surface area contributed by atoms with Gasteiger partial charge in [0.25, 0.3) is 0 Å². The molecule has 5 heteroatoms. The molecule has 2 N–H and O–H groups in total. The summed E-state index contributed by atoms with van der Waals surface area (Å²) in [5, 5.41) is 4.06. The first-order chi connectivity index (χ1) is 9.40. The molecular formula is C15H22N4O. The van der Waals surface area contributed by atoms with Crippen molar-refractivity contribution in [3.8, 4) is 11.4 Å². The van der Waals surface area contributed by atoms with Crippen LogP contribution in [-0.4, -0.2) is 21.7 Å².